The number of hydrogen-bond donors (Lipinski definition) is 0. The molecule has 0 amide bonds. The highest BCUT2D eigenvalue weighted by Gasteiger charge is 2.36. The van der Waals surface area contributed by atoms with E-state index >= 15 is 0 Å². The number of nitrogens with zero attached hydrogens (tertiary/aromatic N) is 1. The molecule has 1 aromatic carbocycles. The molecule has 4 nitrogen and oxygen atoms in total. The first-order valence-corrected chi connectivity index (χ1v) is 9.08. The van der Waals surface area contributed by atoms with Crippen LogP contribution in [-0.2, 0) is 27.7 Å². The number of piperidine rings is 1. The maximum atomic E-state index is 12.9. The molecule has 1 unspecified atom stereocenters. The SMILES string of the molecule is CC(=O)C1CCCCN1S(=O)(=O)c1ccc2c(c1)CCC2. The van der Waals surface area contributed by atoms with Gasteiger partial charge < -0.3 is 0 Å². The molecule has 1 saturated heterocycles. The third kappa shape index (κ3) is 2.64. The second-order valence-electron chi connectivity index (χ2n) is 6.02. The Bertz CT molecular complexity index is 666. The van der Waals surface area contributed by atoms with Crippen LogP contribution in [0.15, 0.2) is 23.1 Å². The van der Waals surface area contributed by atoms with Crippen LogP contribution >= 0.6 is 0 Å². The highest BCUT2D eigenvalue weighted by molar-refractivity contribution is 7.89. The second-order valence-corrected chi connectivity index (χ2v) is 7.91. The lowest BCUT2D eigenvalue weighted by atomic mass is 10.0. The van der Waals surface area contributed by atoms with Gasteiger partial charge in [-0.1, -0.05) is 12.5 Å². The maximum Gasteiger partial charge on any atom is 0.243 e. The van der Waals surface area contributed by atoms with E-state index in [4.69, 9.17) is 0 Å². The number of sulfonamides is 1. The fourth-order valence-corrected chi connectivity index (χ4v) is 5.20. The van der Waals surface area contributed by atoms with Gasteiger partial charge in [0.15, 0.2) is 0 Å². The van der Waals surface area contributed by atoms with Gasteiger partial charge in [-0.3, -0.25) is 4.79 Å². The molecule has 1 heterocycles. The average molecular weight is 307 g/mol. The first-order valence-electron chi connectivity index (χ1n) is 7.64. The van der Waals surface area contributed by atoms with E-state index in [0.29, 0.717) is 17.9 Å². The van der Waals surface area contributed by atoms with E-state index < -0.39 is 16.1 Å². The predicted octanol–water partition coefficient (Wildman–Crippen LogP) is 2.31. The molecule has 21 heavy (non-hydrogen) atoms. The average Bonchev–Trinajstić information content (AvgIpc) is 2.94. The molecule has 1 aromatic rings. The normalized spacial score (nSPS) is 23.0. The predicted molar refractivity (Wildman–Crippen MR) is 80.7 cm³/mol. The third-order valence-corrected chi connectivity index (χ3v) is 6.50. The van der Waals surface area contributed by atoms with Crippen molar-refractivity contribution < 1.29 is 13.2 Å². The van der Waals surface area contributed by atoms with Crippen LogP contribution in [-0.4, -0.2) is 31.1 Å². The zero-order valence-electron chi connectivity index (χ0n) is 12.3. The molecule has 3 rings (SSSR count). The standard InChI is InChI=1S/C16H21NO3S/c1-12(18)16-7-2-3-10-17(16)21(19,20)15-9-8-13-5-4-6-14(13)11-15/h8-9,11,16H,2-7,10H2,1H3. The van der Waals surface area contributed by atoms with Crippen molar-refractivity contribution in [2.45, 2.75) is 56.4 Å². The zero-order valence-corrected chi connectivity index (χ0v) is 13.2. The van der Waals surface area contributed by atoms with Crippen LogP contribution in [0.1, 0.15) is 43.7 Å². The van der Waals surface area contributed by atoms with Crippen molar-refractivity contribution >= 4 is 15.8 Å². The third-order valence-electron chi connectivity index (χ3n) is 4.60. The van der Waals surface area contributed by atoms with Crippen molar-refractivity contribution in [3.8, 4) is 0 Å². The summed E-state index contributed by atoms with van der Waals surface area (Å²) in [4.78, 5) is 12.1. The van der Waals surface area contributed by atoms with Crippen LogP contribution in [0.2, 0.25) is 0 Å². The summed E-state index contributed by atoms with van der Waals surface area (Å²) in [6.45, 7) is 1.94. The van der Waals surface area contributed by atoms with Crippen molar-refractivity contribution in [2.24, 2.45) is 0 Å². The molecule has 0 saturated carbocycles. The topological polar surface area (TPSA) is 54.5 Å². The fourth-order valence-electron chi connectivity index (χ4n) is 3.44. The van der Waals surface area contributed by atoms with E-state index in [1.54, 1.807) is 6.07 Å². The van der Waals surface area contributed by atoms with Crippen LogP contribution in [0.4, 0.5) is 0 Å². The summed E-state index contributed by atoms with van der Waals surface area (Å²) in [6.07, 6.45) is 5.47. The zero-order chi connectivity index (χ0) is 15.0. The summed E-state index contributed by atoms with van der Waals surface area (Å²) in [5.74, 6) is -0.0561. The highest BCUT2D eigenvalue weighted by atomic mass is 32.2. The number of carbonyl (C=O) groups excluding carboxylic acids is 1. The molecule has 1 aliphatic heterocycles. The number of ketones is 1. The molecule has 1 fully saturated rings. The molecule has 0 spiro atoms. The first-order chi connectivity index (χ1) is 10.00. The van der Waals surface area contributed by atoms with Crippen LogP contribution < -0.4 is 0 Å². The van der Waals surface area contributed by atoms with Crippen molar-refractivity contribution in [1.29, 1.82) is 0 Å². The Kier molecular flexibility index (Phi) is 3.88. The Labute approximate surface area is 126 Å². The van der Waals surface area contributed by atoms with Gasteiger partial charge in [-0.05, 0) is 62.3 Å². The van der Waals surface area contributed by atoms with Gasteiger partial charge in [-0.15, -0.1) is 0 Å². The van der Waals surface area contributed by atoms with Gasteiger partial charge in [0, 0.05) is 6.54 Å². The van der Waals surface area contributed by atoms with E-state index in [-0.39, 0.29) is 5.78 Å². The van der Waals surface area contributed by atoms with Gasteiger partial charge in [0.25, 0.3) is 0 Å². The highest BCUT2D eigenvalue weighted by Crippen LogP contribution is 2.29. The van der Waals surface area contributed by atoms with Gasteiger partial charge in [-0.2, -0.15) is 4.31 Å². The van der Waals surface area contributed by atoms with E-state index in [1.807, 2.05) is 12.1 Å². The minimum Gasteiger partial charge on any atom is -0.298 e. The molecule has 0 N–H and O–H groups in total. The lowest BCUT2D eigenvalue weighted by molar-refractivity contribution is -0.121. The van der Waals surface area contributed by atoms with Crippen molar-refractivity contribution in [3.63, 3.8) is 0 Å². The van der Waals surface area contributed by atoms with Crippen LogP contribution in [0.3, 0.4) is 0 Å². The second kappa shape index (κ2) is 5.54. The quantitative estimate of drug-likeness (QED) is 0.861. The van der Waals surface area contributed by atoms with E-state index in [9.17, 15) is 13.2 Å². The van der Waals surface area contributed by atoms with E-state index in [0.717, 1.165) is 37.7 Å². The minimum atomic E-state index is -3.57. The van der Waals surface area contributed by atoms with Crippen LogP contribution in [0, 0.1) is 0 Å². The van der Waals surface area contributed by atoms with Crippen LogP contribution in [0.25, 0.3) is 0 Å². The number of benzene rings is 1. The molecule has 114 valence electrons. The number of hydrogen-bond acceptors (Lipinski definition) is 3. The number of aryl methyl sites for hydroxylation is 2. The molecule has 0 aromatic heterocycles. The Hall–Kier alpha value is -1.20. The number of rotatable bonds is 3. The molecule has 1 atom stereocenters. The van der Waals surface area contributed by atoms with E-state index in [1.165, 1.54) is 16.8 Å². The van der Waals surface area contributed by atoms with Crippen LogP contribution in [0.5, 0.6) is 0 Å². The summed E-state index contributed by atoms with van der Waals surface area (Å²) < 4.78 is 27.2. The molecular formula is C16H21NO3S. The molecular weight excluding hydrogens is 286 g/mol. The van der Waals surface area contributed by atoms with E-state index in [2.05, 4.69) is 0 Å². The monoisotopic (exact) mass is 307 g/mol. The van der Waals surface area contributed by atoms with Gasteiger partial charge in [0.2, 0.25) is 10.0 Å². The summed E-state index contributed by atoms with van der Waals surface area (Å²) in [5, 5.41) is 0. The fraction of sp³-hybridized carbons (Fsp3) is 0.562. The van der Waals surface area contributed by atoms with Crippen molar-refractivity contribution in [1.82, 2.24) is 4.31 Å². The summed E-state index contributed by atoms with van der Waals surface area (Å²) in [7, 11) is -3.57. The summed E-state index contributed by atoms with van der Waals surface area (Å²) in [5.41, 5.74) is 2.41. The van der Waals surface area contributed by atoms with Gasteiger partial charge in [0.1, 0.15) is 5.78 Å². The number of carbonyl (C=O) groups is 1. The lowest BCUT2D eigenvalue weighted by Gasteiger charge is -2.33. The van der Waals surface area contributed by atoms with Crippen molar-refractivity contribution in [3.05, 3.63) is 29.3 Å². The summed E-state index contributed by atoms with van der Waals surface area (Å²) >= 11 is 0. The van der Waals surface area contributed by atoms with Gasteiger partial charge in [0.05, 0.1) is 10.9 Å². The smallest absolute Gasteiger partial charge is 0.243 e. The Morgan fingerprint density at radius 1 is 1.14 bits per heavy atom. The van der Waals surface area contributed by atoms with Crippen molar-refractivity contribution in [2.75, 3.05) is 6.54 Å². The Morgan fingerprint density at radius 2 is 1.90 bits per heavy atom. The summed E-state index contributed by atoms with van der Waals surface area (Å²) in [6, 6.07) is 4.95. The van der Waals surface area contributed by atoms with Gasteiger partial charge in [-0.25, -0.2) is 8.42 Å². The van der Waals surface area contributed by atoms with Gasteiger partial charge >= 0.3 is 0 Å². The molecule has 5 heteroatoms. The molecule has 1 aliphatic carbocycles. The molecule has 2 aliphatic rings. The number of fused-ring (bicyclic) bond motifs is 1. The molecule has 0 bridgehead atoms. The largest absolute Gasteiger partial charge is 0.298 e. The Morgan fingerprint density at radius 3 is 2.67 bits per heavy atom. The molecule has 0 radical (unpaired) electrons. The maximum absolute atomic E-state index is 12.9. The number of Topliss-reactive ketones (excluding diaryl/α,β-unsaturated/α-hetero) is 1. The first kappa shape index (κ1) is 14.7. The lowest BCUT2D eigenvalue weighted by Crippen LogP contribution is -2.47. The minimum absolute atomic E-state index is 0.0561. The Balaban J connectivity index is 1.97.